The average molecular weight is 470 g/mol. The van der Waals surface area contributed by atoms with E-state index in [1.807, 2.05) is 13.8 Å². The van der Waals surface area contributed by atoms with Gasteiger partial charge in [0.1, 0.15) is 12.1 Å². The van der Waals surface area contributed by atoms with Gasteiger partial charge >= 0.3 is 0 Å². The van der Waals surface area contributed by atoms with Crippen LogP contribution in [-0.2, 0) is 20.4 Å². The highest BCUT2D eigenvalue weighted by molar-refractivity contribution is 7.92. The van der Waals surface area contributed by atoms with Crippen molar-refractivity contribution in [3.63, 3.8) is 0 Å². The van der Waals surface area contributed by atoms with Crippen LogP contribution in [0.2, 0.25) is 0 Å². The summed E-state index contributed by atoms with van der Waals surface area (Å²) < 4.78 is 28.9. The van der Waals surface area contributed by atoms with Gasteiger partial charge in [-0.25, -0.2) is 8.42 Å². The molecular formula is C24H27N3O5S. The van der Waals surface area contributed by atoms with Gasteiger partial charge in [0.2, 0.25) is 5.91 Å². The second-order valence-corrected chi connectivity index (χ2v) is 10.4. The molecule has 0 fully saturated rings. The third kappa shape index (κ3) is 3.33. The Labute approximate surface area is 193 Å². The lowest BCUT2D eigenvalue weighted by atomic mass is 9.74. The van der Waals surface area contributed by atoms with Gasteiger partial charge in [-0.1, -0.05) is 48.9 Å². The quantitative estimate of drug-likeness (QED) is 0.365. The van der Waals surface area contributed by atoms with Crippen LogP contribution in [0.4, 0.5) is 5.69 Å². The molecule has 2 aromatic rings. The van der Waals surface area contributed by atoms with Gasteiger partial charge in [0.05, 0.1) is 16.1 Å². The Morgan fingerprint density at radius 3 is 2.48 bits per heavy atom. The number of carbonyl (C=O) groups excluding carboxylic acids is 1. The predicted octanol–water partition coefficient (Wildman–Crippen LogP) is 3.63. The zero-order valence-corrected chi connectivity index (χ0v) is 19.7. The van der Waals surface area contributed by atoms with Crippen molar-refractivity contribution in [3.8, 4) is 0 Å². The molecule has 174 valence electrons. The number of fused-ring (bicyclic) bond motifs is 3. The van der Waals surface area contributed by atoms with Crippen LogP contribution in [0.15, 0.2) is 65.6 Å². The lowest BCUT2D eigenvalue weighted by molar-refractivity contribution is -0.587. The van der Waals surface area contributed by atoms with E-state index in [0.29, 0.717) is 18.5 Å². The van der Waals surface area contributed by atoms with Crippen molar-refractivity contribution in [2.75, 3.05) is 10.8 Å². The molecule has 2 aromatic carbocycles. The van der Waals surface area contributed by atoms with Crippen LogP contribution < -0.4 is 4.31 Å². The molecule has 1 aliphatic carbocycles. The number of para-hydroxylation sites is 1. The molecular weight excluding hydrogens is 442 g/mol. The summed E-state index contributed by atoms with van der Waals surface area (Å²) >= 11 is 0. The molecule has 4 rings (SSSR count). The van der Waals surface area contributed by atoms with Gasteiger partial charge in [-0.2, -0.15) is 0 Å². The zero-order chi connectivity index (χ0) is 24.0. The molecule has 9 heteroatoms. The van der Waals surface area contributed by atoms with Gasteiger partial charge < -0.3 is 4.90 Å². The van der Waals surface area contributed by atoms with Crippen molar-refractivity contribution in [1.82, 2.24) is 4.90 Å². The van der Waals surface area contributed by atoms with E-state index in [4.69, 9.17) is 0 Å². The fourth-order valence-electron chi connectivity index (χ4n) is 5.17. The van der Waals surface area contributed by atoms with E-state index in [0.717, 1.165) is 5.56 Å². The van der Waals surface area contributed by atoms with Crippen molar-refractivity contribution in [1.29, 1.82) is 0 Å². The van der Waals surface area contributed by atoms with Gasteiger partial charge in [0, 0.05) is 18.4 Å². The molecule has 2 aliphatic rings. The Bertz CT molecular complexity index is 1220. The van der Waals surface area contributed by atoms with Gasteiger partial charge in [-0.05, 0) is 44.0 Å². The first kappa shape index (κ1) is 23.0. The molecule has 0 bridgehead atoms. The van der Waals surface area contributed by atoms with Gasteiger partial charge in [0.15, 0.2) is 0 Å². The number of hydrogen-bond acceptors (Lipinski definition) is 5. The number of amides is 1. The fraction of sp³-hybridized carbons (Fsp3) is 0.375. The average Bonchev–Trinajstić information content (AvgIpc) is 3.10. The summed E-state index contributed by atoms with van der Waals surface area (Å²) in [7, 11) is -4.10. The van der Waals surface area contributed by atoms with E-state index in [9.17, 15) is 23.3 Å². The maximum atomic E-state index is 13.9. The minimum absolute atomic E-state index is 0.0742. The molecule has 0 N–H and O–H groups in total. The molecule has 0 radical (unpaired) electrons. The van der Waals surface area contributed by atoms with Crippen LogP contribution in [0.1, 0.15) is 37.8 Å². The maximum Gasteiger partial charge on any atom is 0.293 e. The van der Waals surface area contributed by atoms with E-state index in [1.54, 1.807) is 48.6 Å². The van der Waals surface area contributed by atoms with Crippen LogP contribution >= 0.6 is 0 Å². The molecule has 0 unspecified atom stereocenters. The molecule has 33 heavy (non-hydrogen) atoms. The summed E-state index contributed by atoms with van der Waals surface area (Å²) in [5.41, 5.74) is -0.308. The second-order valence-electron chi connectivity index (χ2n) is 8.55. The van der Waals surface area contributed by atoms with Gasteiger partial charge in [0.25, 0.3) is 15.6 Å². The number of aryl methyl sites for hydroxylation is 1. The van der Waals surface area contributed by atoms with Crippen molar-refractivity contribution in [2.45, 2.75) is 56.1 Å². The molecule has 1 aliphatic heterocycles. The summed E-state index contributed by atoms with van der Waals surface area (Å²) in [6, 6.07) is 11.1. The van der Waals surface area contributed by atoms with Crippen LogP contribution in [0, 0.1) is 17.0 Å². The Morgan fingerprint density at radius 2 is 1.88 bits per heavy atom. The van der Waals surface area contributed by atoms with Gasteiger partial charge in [-0.3, -0.25) is 19.2 Å². The van der Waals surface area contributed by atoms with Gasteiger partial charge in [-0.15, -0.1) is 0 Å². The highest BCUT2D eigenvalue weighted by Crippen LogP contribution is 2.54. The molecule has 1 heterocycles. The van der Waals surface area contributed by atoms with E-state index in [-0.39, 0.29) is 27.8 Å². The minimum atomic E-state index is -4.10. The lowest BCUT2D eigenvalue weighted by Gasteiger charge is -2.42. The monoisotopic (exact) mass is 469 g/mol. The third-order valence-corrected chi connectivity index (χ3v) is 8.41. The third-order valence-electron chi connectivity index (χ3n) is 6.58. The van der Waals surface area contributed by atoms with E-state index in [1.165, 1.54) is 28.3 Å². The Morgan fingerprint density at radius 1 is 1.21 bits per heavy atom. The standard InChI is InChI=1S/C24H27N3O5S/c1-4-16-25(18(3)28)22-10-7-11-23-24(22,27(29)30)20-8-5-6-9-21(20)26(23)33(31,32)19-14-12-17(2)13-15-19/h5-10,12-15,22-23H,4,11,16H2,1-3H3/t22-,23-,24-/m0/s1. The van der Waals surface area contributed by atoms with Crippen LogP contribution in [0.3, 0.4) is 0 Å². The smallest absolute Gasteiger partial charge is 0.293 e. The largest absolute Gasteiger partial charge is 0.329 e. The Kier molecular flexibility index (Phi) is 5.78. The molecule has 0 aromatic heterocycles. The number of benzene rings is 2. The predicted molar refractivity (Wildman–Crippen MR) is 125 cm³/mol. The Hall–Kier alpha value is -3.20. The minimum Gasteiger partial charge on any atom is -0.329 e. The topological polar surface area (TPSA) is 101 Å². The number of nitrogens with zero attached hydrogens (tertiary/aromatic N) is 3. The summed E-state index contributed by atoms with van der Waals surface area (Å²) in [6.07, 6.45) is 4.23. The van der Waals surface area contributed by atoms with E-state index >= 15 is 0 Å². The fourth-order valence-corrected chi connectivity index (χ4v) is 6.88. The summed E-state index contributed by atoms with van der Waals surface area (Å²) in [5, 5.41) is 12.9. The number of hydrogen-bond donors (Lipinski definition) is 0. The molecule has 0 saturated carbocycles. The first-order valence-electron chi connectivity index (χ1n) is 11.0. The van der Waals surface area contributed by atoms with Crippen molar-refractivity contribution in [3.05, 3.63) is 81.9 Å². The molecule has 0 spiro atoms. The lowest BCUT2D eigenvalue weighted by Crippen LogP contribution is -2.64. The number of nitro groups is 1. The molecule has 1 amide bonds. The number of anilines is 1. The summed E-state index contributed by atoms with van der Waals surface area (Å²) in [4.78, 5) is 26.7. The maximum absolute atomic E-state index is 13.9. The van der Waals surface area contributed by atoms with E-state index < -0.39 is 27.6 Å². The molecule has 0 saturated heterocycles. The van der Waals surface area contributed by atoms with Crippen molar-refractivity contribution < 1.29 is 18.1 Å². The zero-order valence-electron chi connectivity index (χ0n) is 18.8. The first-order chi connectivity index (χ1) is 15.7. The van der Waals surface area contributed by atoms with Crippen molar-refractivity contribution >= 4 is 21.6 Å². The normalized spacial score (nSPS) is 23.7. The SMILES string of the molecule is CCCN(C(C)=O)[C@H]1C=CC[C@@H]2N(S(=O)(=O)c3ccc(C)cc3)c3ccccc3[C@]12[N+](=O)[O-]. The van der Waals surface area contributed by atoms with Crippen molar-refractivity contribution in [2.24, 2.45) is 0 Å². The summed E-state index contributed by atoms with van der Waals surface area (Å²) in [6.45, 7) is 5.48. The van der Waals surface area contributed by atoms with Crippen LogP contribution in [0.5, 0.6) is 0 Å². The number of rotatable bonds is 6. The molecule has 3 atom stereocenters. The summed E-state index contributed by atoms with van der Waals surface area (Å²) in [5.74, 6) is -0.286. The highest BCUT2D eigenvalue weighted by atomic mass is 32.2. The highest BCUT2D eigenvalue weighted by Gasteiger charge is 2.69. The van der Waals surface area contributed by atoms with E-state index in [2.05, 4.69) is 0 Å². The van der Waals surface area contributed by atoms with Crippen LogP contribution in [0.25, 0.3) is 0 Å². The van der Waals surface area contributed by atoms with Crippen LogP contribution in [-0.4, -0.2) is 42.8 Å². The number of sulfonamides is 1. The molecule has 8 nitrogen and oxygen atoms in total. The number of carbonyl (C=O) groups is 1. The second kappa shape index (κ2) is 8.30. The first-order valence-corrected chi connectivity index (χ1v) is 12.4. The Balaban J connectivity index is 1.98.